The molecule has 44 heavy (non-hydrogen) atoms. The van der Waals surface area contributed by atoms with Gasteiger partial charge in [0.25, 0.3) is 10.0 Å². The second-order valence-electron chi connectivity index (χ2n) is 10.7. The molecule has 1 saturated carbocycles. The van der Waals surface area contributed by atoms with Crippen LogP contribution in [0.2, 0.25) is 10.0 Å². The molecule has 0 aliphatic heterocycles. The van der Waals surface area contributed by atoms with Gasteiger partial charge in [0.1, 0.15) is 24.2 Å². The summed E-state index contributed by atoms with van der Waals surface area (Å²) >= 11 is 12.6. The van der Waals surface area contributed by atoms with Crippen molar-refractivity contribution in [3.05, 3.63) is 88.2 Å². The van der Waals surface area contributed by atoms with Crippen LogP contribution in [0.15, 0.2) is 71.6 Å². The maximum Gasteiger partial charge on any atom is 0.264 e. The van der Waals surface area contributed by atoms with Crippen molar-refractivity contribution in [2.45, 2.75) is 69.0 Å². The molecular formula is C32H36Cl2FN3O5S. The fraction of sp³-hybridized carbons (Fsp3) is 0.375. The Morgan fingerprint density at radius 1 is 1.00 bits per heavy atom. The molecule has 3 aromatic rings. The topological polar surface area (TPSA) is 96.0 Å². The van der Waals surface area contributed by atoms with Crippen LogP contribution >= 0.6 is 23.2 Å². The quantitative estimate of drug-likeness (QED) is 0.236. The van der Waals surface area contributed by atoms with E-state index in [0.717, 1.165) is 48.5 Å². The Morgan fingerprint density at radius 3 is 2.25 bits per heavy atom. The largest absolute Gasteiger partial charge is 0.497 e. The first-order valence-electron chi connectivity index (χ1n) is 14.5. The van der Waals surface area contributed by atoms with E-state index in [1.807, 2.05) is 0 Å². The normalized spacial score (nSPS) is 14.5. The fourth-order valence-corrected chi connectivity index (χ4v) is 7.19. The molecule has 4 rings (SSSR count). The van der Waals surface area contributed by atoms with E-state index in [1.165, 1.54) is 48.4 Å². The lowest BCUT2D eigenvalue weighted by Gasteiger charge is -2.34. The van der Waals surface area contributed by atoms with Crippen molar-refractivity contribution in [3.63, 3.8) is 0 Å². The summed E-state index contributed by atoms with van der Waals surface area (Å²) in [5.74, 6) is -1.06. The molecule has 0 saturated heterocycles. The minimum atomic E-state index is -4.32. The van der Waals surface area contributed by atoms with Crippen molar-refractivity contribution in [2.75, 3.05) is 18.0 Å². The molecule has 1 unspecified atom stereocenters. The first-order valence-corrected chi connectivity index (χ1v) is 16.7. The molecule has 236 valence electrons. The molecule has 2 amide bonds. The van der Waals surface area contributed by atoms with E-state index in [1.54, 1.807) is 25.1 Å². The van der Waals surface area contributed by atoms with Gasteiger partial charge in [-0.1, -0.05) is 55.5 Å². The molecule has 0 radical (unpaired) electrons. The second kappa shape index (κ2) is 15.1. The third-order valence-electron chi connectivity index (χ3n) is 7.73. The number of amides is 2. The van der Waals surface area contributed by atoms with E-state index < -0.39 is 34.3 Å². The van der Waals surface area contributed by atoms with Crippen LogP contribution in [0.25, 0.3) is 0 Å². The molecule has 1 fully saturated rings. The first-order chi connectivity index (χ1) is 21.0. The molecule has 0 heterocycles. The molecule has 1 atom stereocenters. The molecule has 0 spiro atoms. The number of benzene rings is 3. The van der Waals surface area contributed by atoms with Gasteiger partial charge in [0.15, 0.2) is 0 Å². The molecule has 12 heteroatoms. The van der Waals surface area contributed by atoms with Crippen LogP contribution in [-0.4, -0.2) is 50.9 Å². The third kappa shape index (κ3) is 8.22. The molecule has 3 aromatic carbocycles. The lowest BCUT2D eigenvalue weighted by molar-refractivity contribution is -0.140. The van der Waals surface area contributed by atoms with Crippen molar-refractivity contribution >= 4 is 50.7 Å². The van der Waals surface area contributed by atoms with Gasteiger partial charge in [-0.05, 0) is 85.5 Å². The van der Waals surface area contributed by atoms with Gasteiger partial charge in [0.05, 0.1) is 17.7 Å². The number of anilines is 1. The van der Waals surface area contributed by atoms with E-state index in [0.29, 0.717) is 21.4 Å². The van der Waals surface area contributed by atoms with Crippen LogP contribution in [0.5, 0.6) is 5.75 Å². The van der Waals surface area contributed by atoms with Crippen LogP contribution < -0.4 is 14.4 Å². The number of halogens is 3. The molecule has 8 nitrogen and oxygen atoms in total. The average molecular weight is 665 g/mol. The van der Waals surface area contributed by atoms with Crippen molar-refractivity contribution in [1.82, 2.24) is 10.2 Å². The van der Waals surface area contributed by atoms with E-state index in [-0.39, 0.29) is 35.5 Å². The van der Waals surface area contributed by atoms with Crippen molar-refractivity contribution in [3.8, 4) is 5.75 Å². The lowest BCUT2D eigenvalue weighted by atomic mass is 9.95. The number of hydrogen-bond donors (Lipinski definition) is 1. The third-order valence-corrected chi connectivity index (χ3v) is 10.1. The second-order valence-corrected chi connectivity index (χ2v) is 13.4. The molecule has 0 bridgehead atoms. The van der Waals surface area contributed by atoms with Crippen LogP contribution in [0.3, 0.4) is 0 Å². The van der Waals surface area contributed by atoms with E-state index in [4.69, 9.17) is 27.9 Å². The number of carbonyl (C=O) groups is 2. The van der Waals surface area contributed by atoms with E-state index in [2.05, 4.69) is 5.32 Å². The minimum Gasteiger partial charge on any atom is -0.497 e. The summed E-state index contributed by atoms with van der Waals surface area (Å²) in [5, 5.41) is 3.81. The molecule has 1 aliphatic carbocycles. The van der Waals surface area contributed by atoms with Crippen molar-refractivity contribution in [1.29, 1.82) is 0 Å². The van der Waals surface area contributed by atoms with Gasteiger partial charge in [-0.2, -0.15) is 0 Å². The number of ether oxygens (including phenoxy) is 1. The summed E-state index contributed by atoms with van der Waals surface area (Å²) in [4.78, 5) is 29.1. The Balaban J connectivity index is 1.72. The number of rotatable bonds is 12. The Morgan fingerprint density at radius 2 is 1.66 bits per heavy atom. The van der Waals surface area contributed by atoms with E-state index >= 15 is 0 Å². The zero-order valence-corrected chi connectivity index (χ0v) is 27.0. The highest BCUT2D eigenvalue weighted by molar-refractivity contribution is 7.92. The Bertz CT molecular complexity index is 1550. The van der Waals surface area contributed by atoms with Crippen LogP contribution in [-0.2, 0) is 26.2 Å². The predicted molar refractivity (Wildman–Crippen MR) is 170 cm³/mol. The Labute approximate surface area is 268 Å². The predicted octanol–water partition coefficient (Wildman–Crippen LogP) is 6.59. The van der Waals surface area contributed by atoms with Gasteiger partial charge in [0, 0.05) is 22.6 Å². The smallest absolute Gasteiger partial charge is 0.264 e. The summed E-state index contributed by atoms with van der Waals surface area (Å²) < 4.78 is 47.9. The number of hydrogen-bond acceptors (Lipinski definition) is 5. The van der Waals surface area contributed by atoms with E-state index in [9.17, 15) is 22.4 Å². The maximum atomic E-state index is 14.2. The standard InChI is InChI=1S/C32H36Cl2FN3O5S/c1-3-30(32(40)36-25-7-5-4-6-8-25)37(20-22-9-10-23(33)19-29(22)34)31(39)21-38(26-13-11-24(35)12-14-26)44(41,42)28-17-15-27(43-2)16-18-28/h9-19,25,30H,3-8,20-21H2,1-2H3,(H,36,40). The number of sulfonamides is 1. The fourth-order valence-electron chi connectivity index (χ4n) is 5.31. The number of nitrogens with zero attached hydrogens (tertiary/aromatic N) is 2. The van der Waals surface area contributed by atoms with Gasteiger partial charge in [-0.3, -0.25) is 13.9 Å². The maximum absolute atomic E-state index is 14.2. The summed E-state index contributed by atoms with van der Waals surface area (Å²) in [5.41, 5.74) is 0.624. The van der Waals surface area contributed by atoms with Gasteiger partial charge in [-0.25, -0.2) is 12.8 Å². The van der Waals surface area contributed by atoms with Gasteiger partial charge in [-0.15, -0.1) is 0 Å². The number of carbonyl (C=O) groups excluding carboxylic acids is 2. The first kappa shape index (κ1) is 33.6. The Kier molecular flexibility index (Phi) is 11.5. The zero-order valence-electron chi connectivity index (χ0n) is 24.6. The highest BCUT2D eigenvalue weighted by Crippen LogP contribution is 2.28. The zero-order chi connectivity index (χ0) is 31.9. The molecule has 1 N–H and O–H groups in total. The van der Waals surface area contributed by atoms with Crippen LogP contribution in [0, 0.1) is 5.82 Å². The highest BCUT2D eigenvalue weighted by atomic mass is 35.5. The van der Waals surface area contributed by atoms with Crippen molar-refractivity contribution in [2.24, 2.45) is 0 Å². The summed E-state index contributed by atoms with van der Waals surface area (Å²) in [6.07, 6.45) is 5.14. The van der Waals surface area contributed by atoms with Crippen LogP contribution in [0.4, 0.5) is 10.1 Å². The average Bonchev–Trinajstić information content (AvgIpc) is 3.01. The monoisotopic (exact) mass is 663 g/mol. The molecular weight excluding hydrogens is 628 g/mol. The van der Waals surface area contributed by atoms with Gasteiger partial charge < -0.3 is 15.0 Å². The number of methoxy groups -OCH3 is 1. The van der Waals surface area contributed by atoms with Crippen molar-refractivity contribution < 1.29 is 27.1 Å². The Hall–Kier alpha value is -3.34. The summed E-state index contributed by atoms with van der Waals surface area (Å²) in [6.45, 7) is 1.07. The number of nitrogens with one attached hydrogen (secondary N) is 1. The van der Waals surface area contributed by atoms with Gasteiger partial charge in [0.2, 0.25) is 11.8 Å². The van der Waals surface area contributed by atoms with Gasteiger partial charge >= 0.3 is 0 Å². The summed E-state index contributed by atoms with van der Waals surface area (Å²) in [6, 6.07) is 14.5. The summed E-state index contributed by atoms with van der Waals surface area (Å²) in [7, 11) is -2.86. The van der Waals surface area contributed by atoms with Crippen LogP contribution in [0.1, 0.15) is 51.0 Å². The minimum absolute atomic E-state index is 0.00698. The lowest BCUT2D eigenvalue weighted by Crippen LogP contribution is -2.54. The SMILES string of the molecule is CCC(C(=O)NC1CCCCC1)N(Cc1ccc(Cl)cc1Cl)C(=O)CN(c1ccc(F)cc1)S(=O)(=O)c1ccc(OC)cc1. The molecule has 1 aliphatic rings. The molecule has 0 aromatic heterocycles. The highest BCUT2D eigenvalue weighted by Gasteiger charge is 2.34.